The van der Waals surface area contributed by atoms with Crippen molar-refractivity contribution in [1.82, 2.24) is 4.90 Å². The number of hydrogen-bond acceptors (Lipinski definition) is 2. The highest BCUT2D eigenvalue weighted by atomic mass is 79.9. The molecule has 0 heterocycles. The van der Waals surface area contributed by atoms with Crippen molar-refractivity contribution in [2.24, 2.45) is 0 Å². The van der Waals surface area contributed by atoms with Crippen LogP contribution in [0.25, 0.3) is 0 Å². The first-order valence-corrected chi connectivity index (χ1v) is 6.44. The van der Waals surface area contributed by atoms with Gasteiger partial charge >= 0.3 is 0 Å². The van der Waals surface area contributed by atoms with E-state index in [9.17, 15) is 4.79 Å². The lowest BCUT2D eigenvalue weighted by Gasteiger charge is -2.18. The average molecular weight is 309 g/mol. The van der Waals surface area contributed by atoms with Crippen LogP contribution in [0.15, 0.2) is 54.0 Å². The van der Waals surface area contributed by atoms with Crippen LogP contribution < -0.4 is 5.32 Å². The number of carbonyl (C=O) groups is 1. The van der Waals surface area contributed by atoms with Gasteiger partial charge in [-0.2, -0.15) is 0 Å². The van der Waals surface area contributed by atoms with Crippen LogP contribution in [0.4, 0.5) is 5.69 Å². The van der Waals surface area contributed by atoms with E-state index in [1.54, 1.807) is 12.2 Å². The molecule has 0 radical (unpaired) electrons. The smallest absolute Gasteiger partial charge is 0.238 e. The SMILES string of the molecule is C=CCN(CC=C)CC(=O)Nc1cccc(Br)c1. The summed E-state index contributed by atoms with van der Waals surface area (Å²) in [7, 11) is 0. The fourth-order valence-electron chi connectivity index (χ4n) is 1.54. The third-order valence-electron chi connectivity index (χ3n) is 2.25. The van der Waals surface area contributed by atoms with Gasteiger partial charge in [-0.3, -0.25) is 9.69 Å². The van der Waals surface area contributed by atoms with E-state index >= 15 is 0 Å². The molecule has 0 aliphatic heterocycles. The number of halogens is 1. The Bertz CT molecular complexity index is 422. The molecule has 1 rings (SSSR count). The van der Waals surface area contributed by atoms with Gasteiger partial charge in [0.2, 0.25) is 5.91 Å². The minimum absolute atomic E-state index is 0.0446. The Morgan fingerprint density at radius 1 is 1.33 bits per heavy atom. The van der Waals surface area contributed by atoms with Gasteiger partial charge in [0.1, 0.15) is 0 Å². The Hall–Kier alpha value is -1.39. The lowest BCUT2D eigenvalue weighted by Crippen LogP contribution is -2.33. The molecule has 0 spiro atoms. The predicted octanol–water partition coefficient (Wildman–Crippen LogP) is 3.06. The van der Waals surface area contributed by atoms with Crippen molar-refractivity contribution in [1.29, 1.82) is 0 Å². The van der Waals surface area contributed by atoms with Crippen molar-refractivity contribution >= 4 is 27.5 Å². The summed E-state index contributed by atoms with van der Waals surface area (Å²) in [6, 6.07) is 7.51. The molecule has 0 aromatic heterocycles. The molecular weight excluding hydrogens is 292 g/mol. The number of amides is 1. The van der Waals surface area contributed by atoms with E-state index in [1.165, 1.54) is 0 Å². The van der Waals surface area contributed by atoms with Gasteiger partial charge in [0, 0.05) is 23.2 Å². The molecule has 0 bridgehead atoms. The summed E-state index contributed by atoms with van der Waals surface area (Å²) in [6.07, 6.45) is 3.55. The molecule has 4 heteroatoms. The van der Waals surface area contributed by atoms with Crippen LogP contribution in [-0.2, 0) is 4.79 Å². The van der Waals surface area contributed by atoms with Crippen molar-refractivity contribution in [3.63, 3.8) is 0 Å². The summed E-state index contributed by atoms with van der Waals surface area (Å²) in [6.45, 7) is 9.00. The van der Waals surface area contributed by atoms with Gasteiger partial charge in [0.15, 0.2) is 0 Å². The first kappa shape index (κ1) is 14.7. The molecule has 0 fully saturated rings. The van der Waals surface area contributed by atoms with Crippen LogP contribution >= 0.6 is 15.9 Å². The topological polar surface area (TPSA) is 32.3 Å². The minimum Gasteiger partial charge on any atom is -0.325 e. The van der Waals surface area contributed by atoms with Gasteiger partial charge < -0.3 is 5.32 Å². The van der Waals surface area contributed by atoms with Gasteiger partial charge in [-0.15, -0.1) is 13.2 Å². The molecule has 96 valence electrons. The summed E-state index contributed by atoms with van der Waals surface area (Å²) in [5, 5.41) is 2.85. The molecule has 0 aliphatic carbocycles. The normalized spacial score (nSPS) is 10.1. The fourth-order valence-corrected chi connectivity index (χ4v) is 1.94. The van der Waals surface area contributed by atoms with E-state index in [0.29, 0.717) is 19.6 Å². The minimum atomic E-state index is -0.0446. The number of benzene rings is 1. The zero-order chi connectivity index (χ0) is 13.4. The van der Waals surface area contributed by atoms with E-state index in [4.69, 9.17) is 0 Å². The molecule has 1 aromatic rings. The zero-order valence-corrected chi connectivity index (χ0v) is 11.8. The van der Waals surface area contributed by atoms with Gasteiger partial charge in [-0.1, -0.05) is 34.1 Å². The van der Waals surface area contributed by atoms with Crippen LogP contribution in [0.3, 0.4) is 0 Å². The Morgan fingerprint density at radius 2 is 2.00 bits per heavy atom. The Balaban J connectivity index is 2.54. The molecule has 3 nitrogen and oxygen atoms in total. The highest BCUT2D eigenvalue weighted by molar-refractivity contribution is 9.10. The van der Waals surface area contributed by atoms with Crippen molar-refractivity contribution in [3.8, 4) is 0 Å². The monoisotopic (exact) mass is 308 g/mol. The maximum atomic E-state index is 11.8. The first-order chi connectivity index (χ1) is 8.65. The number of anilines is 1. The van der Waals surface area contributed by atoms with Crippen molar-refractivity contribution in [2.45, 2.75) is 0 Å². The van der Waals surface area contributed by atoms with E-state index in [0.717, 1.165) is 10.2 Å². The lowest BCUT2D eigenvalue weighted by atomic mass is 10.3. The number of nitrogens with one attached hydrogen (secondary N) is 1. The number of nitrogens with zero attached hydrogens (tertiary/aromatic N) is 1. The lowest BCUT2D eigenvalue weighted by molar-refractivity contribution is -0.117. The average Bonchev–Trinajstić information content (AvgIpc) is 2.29. The van der Waals surface area contributed by atoms with Crippen LogP contribution in [0.1, 0.15) is 0 Å². The summed E-state index contributed by atoms with van der Waals surface area (Å²) in [5.74, 6) is -0.0446. The summed E-state index contributed by atoms with van der Waals surface area (Å²) in [4.78, 5) is 13.8. The van der Waals surface area contributed by atoms with E-state index in [-0.39, 0.29) is 5.91 Å². The Morgan fingerprint density at radius 3 is 2.56 bits per heavy atom. The Labute approximate surface area is 116 Å². The number of hydrogen-bond donors (Lipinski definition) is 1. The quantitative estimate of drug-likeness (QED) is 0.785. The largest absolute Gasteiger partial charge is 0.325 e. The van der Waals surface area contributed by atoms with Crippen molar-refractivity contribution in [3.05, 3.63) is 54.0 Å². The molecular formula is C14H17BrN2O. The van der Waals surface area contributed by atoms with Gasteiger partial charge in [-0.05, 0) is 18.2 Å². The first-order valence-electron chi connectivity index (χ1n) is 5.65. The second-order valence-corrected chi connectivity index (χ2v) is 4.75. The summed E-state index contributed by atoms with van der Waals surface area (Å²) in [5.41, 5.74) is 0.784. The number of rotatable bonds is 7. The van der Waals surface area contributed by atoms with Crippen LogP contribution in [0.5, 0.6) is 0 Å². The van der Waals surface area contributed by atoms with Gasteiger partial charge in [0.25, 0.3) is 0 Å². The second-order valence-electron chi connectivity index (χ2n) is 3.83. The third-order valence-corrected chi connectivity index (χ3v) is 2.74. The van der Waals surface area contributed by atoms with Crippen molar-refractivity contribution in [2.75, 3.05) is 25.0 Å². The highest BCUT2D eigenvalue weighted by Gasteiger charge is 2.08. The zero-order valence-electron chi connectivity index (χ0n) is 10.2. The molecule has 0 saturated heterocycles. The maximum absolute atomic E-state index is 11.8. The van der Waals surface area contributed by atoms with E-state index in [1.807, 2.05) is 29.2 Å². The molecule has 0 saturated carbocycles. The summed E-state index contributed by atoms with van der Waals surface area (Å²) < 4.78 is 0.939. The standard InChI is InChI=1S/C14H17BrN2O/c1-3-8-17(9-4-2)11-14(18)16-13-7-5-6-12(15)10-13/h3-7,10H,1-2,8-9,11H2,(H,16,18). The highest BCUT2D eigenvalue weighted by Crippen LogP contribution is 2.15. The fraction of sp³-hybridized carbons (Fsp3) is 0.214. The Kier molecular flexibility index (Phi) is 6.39. The van der Waals surface area contributed by atoms with Gasteiger partial charge in [0.05, 0.1) is 6.54 Å². The molecule has 18 heavy (non-hydrogen) atoms. The molecule has 0 aliphatic rings. The molecule has 1 aromatic carbocycles. The molecule has 1 N–H and O–H groups in total. The maximum Gasteiger partial charge on any atom is 0.238 e. The number of carbonyl (C=O) groups excluding carboxylic acids is 1. The van der Waals surface area contributed by atoms with Crippen LogP contribution in [-0.4, -0.2) is 30.4 Å². The van der Waals surface area contributed by atoms with Crippen LogP contribution in [0.2, 0.25) is 0 Å². The van der Waals surface area contributed by atoms with Gasteiger partial charge in [-0.25, -0.2) is 0 Å². The third kappa shape index (κ3) is 5.29. The predicted molar refractivity (Wildman–Crippen MR) is 79.6 cm³/mol. The molecule has 0 atom stereocenters. The molecule has 1 amide bonds. The van der Waals surface area contributed by atoms with Crippen LogP contribution in [0, 0.1) is 0 Å². The van der Waals surface area contributed by atoms with Crippen molar-refractivity contribution < 1.29 is 4.79 Å². The van der Waals surface area contributed by atoms with E-state index in [2.05, 4.69) is 34.4 Å². The van der Waals surface area contributed by atoms with E-state index < -0.39 is 0 Å². The second kappa shape index (κ2) is 7.84. The summed E-state index contributed by atoms with van der Waals surface area (Å²) >= 11 is 3.36. The molecule has 0 unspecified atom stereocenters.